The molecule has 3 N–H and O–H groups in total. The number of aromatic nitrogens is 1. The van der Waals surface area contributed by atoms with Gasteiger partial charge in [-0.25, -0.2) is 17.8 Å². The maximum atomic E-state index is 13.3. The number of hydrogen-bond donors (Lipinski definition) is 2. The summed E-state index contributed by atoms with van der Waals surface area (Å²) in [7, 11) is -3.49. The van der Waals surface area contributed by atoms with E-state index < -0.39 is 21.8 Å². The molecule has 0 radical (unpaired) electrons. The standard InChI is InChI=1S/C28H36N4O5S.C8H9FO.C2H2/c1-4-7-8-9-22(38(35,36)6-3)11-13-25-24(28(34)37-5-2)15-17-32(25)26(33)19-31-21-10-12-23-20(18-21)14-16-30-27(23)29;1-2-10-8-6-4-3-5-7(8)9;1-2/h4,7-12,14,16,18,24-25,31H,5-6,13,15,17,19H2,1-3H3,(H2,29,30);3-6H,2H2,1H3;1-2H/b7-4-,9-8-,22-11-;;/t24-,25-;;/m0../s1. The van der Waals surface area contributed by atoms with Crippen LogP contribution in [0.3, 0.4) is 0 Å². The van der Waals surface area contributed by atoms with Crippen molar-refractivity contribution < 1.29 is 31.9 Å². The van der Waals surface area contributed by atoms with Gasteiger partial charge in [0.25, 0.3) is 0 Å². The molecule has 1 aliphatic rings. The minimum Gasteiger partial charge on any atom is -0.491 e. The summed E-state index contributed by atoms with van der Waals surface area (Å²) in [6.07, 6.45) is 18.7. The number of nitrogen functional groups attached to an aromatic ring is 1. The van der Waals surface area contributed by atoms with E-state index in [9.17, 15) is 22.4 Å². The van der Waals surface area contributed by atoms with Crippen LogP contribution in [-0.4, -0.2) is 68.3 Å². The number of hydrogen-bond acceptors (Lipinski definition) is 9. The number of allylic oxidation sites excluding steroid dienone is 4. The van der Waals surface area contributed by atoms with Crippen LogP contribution in [0.25, 0.3) is 10.8 Å². The van der Waals surface area contributed by atoms with Gasteiger partial charge in [0.15, 0.2) is 21.4 Å². The Labute approximate surface area is 295 Å². The number of terminal acetylenes is 1. The number of pyridine rings is 1. The third-order valence-electron chi connectivity index (χ3n) is 7.69. The van der Waals surface area contributed by atoms with Crippen LogP contribution in [-0.2, 0) is 24.2 Å². The van der Waals surface area contributed by atoms with E-state index in [4.69, 9.17) is 15.2 Å². The van der Waals surface area contributed by atoms with Crippen LogP contribution in [0.5, 0.6) is 5.75 Å². The number of fused-ring (bicyclic) bond motifs is 1. The zero-order chi connectivity index (χ0) is 37.1. The van der Waals surface area contributed by atoms with Gasteiger partial charge < -0.3 is 25.4 Å². The Morgan fingerprint density at radius 1 is 1.10 bits per heavy atom. The van der Waals surface area contributed by atoms with Crippen LogP contribution in [0, 0.1) is 24.6 Å². The molecular weight excluding hydrogens is 660 g/mol. The topological polar surface area (TPSA) is 141 Å². The van der Waals surface area contributed by atoms with Crippen LogP contribution in [0.15, 0.2) is 90.0 Å². The molecule has 50 heavy (non-hydrogen) atoms. The molecule has 3 aromatic rings. The highest BCUT2D eigenvalue weighted by molar-refractivity contribution is 7.95. The maximum Gasteiger partial charge on any atom is 0.311 e. The van der Waals surface area contributed by atoms with Crippen molar-refractivity contribution in [2.75, 3.05) is 43.1 Å². The highest BCUT2D eigenvalue weighted by atomic mass is 32.2. The molecule has 1 saturated heterocycles. The molecule has 1 aliphatic heterocycles. The van der Waals surface area contributed by atoms with Crippen molar-refractivity contribution >= 4 is 44.0 Å². The molecule has 1 amide bonds. The number of esters is 1. The van der Waals surface area contributed by atoms with Crippen molar-refractivity contribution in [3.63, 3.8) is 0 Å². The monoisotopic (exact) mass is 706 g/mol. The van der Waals surface area contributed by atoms with E-state index in [0.717, 1.165) is 16.5 Å². The van der Waals surface area contributed by atoms with Crippen molar-refractivity contribution in [2.24, 2.45) is 5.92 Å². The van der Waals surface area contributed by atoms with Crippen LogP contribution in [0.1, 0.15) is 40.5 Å². The smallest absolute Gasteiger partial charge is 0.311 e. The first-order valence-electron chi connectivity index (χ1n) is 16.3. The Morgan fingerprint density at radius 3 is 2.50 bits per heavy atom. The summed E-state index contributed by atoms with van der Waals surface area (Å²) in [4.78, 5) is 31.9. The van der Waals surface area contributed by atoms with Crippen LogP contribution < -0.4 is 15.8 Å². The lowest BCUT2D eigenvalue weighted by molar-refractivity contribution is -0.149. The molecule has 12 heteroatoms. The number of nitrogens with one attached hydrogen (secondary N) is 1. The lowest BCUT2D eigenvalue weighted by Crippen LogP contribution is -2.42. The summed E-state index contributed by atoms with van der Waals surface area (Å²) >= 11 is 0. The van der Waals surface area contributed by atoms with E-state index in [2.05, 4.69) is 23.1 Å². The number of carbonyl (C=O) groups excluding carboxylic acids is 2. The molecule has 0 saturated carbocycles. The van der Waals surface area contributed by atoms with Gasteiger partial charge in [-0.15, -0.1) is 12.8 Å². The average molecular weight is 707 g/mol. The molecule has 0 unspecified atom stereocenters. The molecule has 2 heterocycles. The Hall–Kier alpha value is -5.15. The number of nitrogens with two attached hydrogens (primary N) is 1. The first kappa shape index (κ1) is 41.0. The van der Waals surface area contributed by atoms with Crippen molar-refractivity contribution in [3.05, 3.63) is 95.8 Å². The molecule has 10 nitrogen and oxygen atoms in total. The van der Waals surface area contributed by atoms with E-state index in [-0.39, 0.29) is 47.9 Å². The van der Waals surface area contributed by atoms with E-state index in [0.29, 0.717) is 31.1 Å². The number of amides is 1. The fraction of sp³-hybridized carbons (Fsp3) is 0.342. The third kappa shape index (κ3) is 11.8. The number of benzene rings is 2. The van der Waals surface area contributed by atoms with Gasteiger partial charge in [-0.05, 0) is 81.5 Å². The molecule has 1 fully saturated rings. The Balaban J connectivity index is 0.000000613. The normalized spacial score (nSPS) is 16.0. The Bertz CT molecular complexity index is 1790. The fourth-order valence-corrected chi connectivity index (χ4v) is 6.22. The molecule has 2 atom stereocenters. The fourth-order valence-electron chi connectivity index (χ4n) is 5.25. The molecule has 2 aromatic carbocycles. The predicted molar refractivity (Wildman–Crippen MR) is 198 cm³/mol. The number of carbonyl (C=O) groups is 2. The minimum absolute atomic E-state index is 0.0170. The Kier molecular flexibility index (Phi) is 17.3. The maximum absolute atomic E-state index is 13.3. The molecule has 268 valence electrons. The van der Waals surface area contributed by atoms with Crippen molar-refractivity contribution in [2.45, 2.75) is 46.6 Å². The van der Waals surface area contributed by atoms with Crippen LogP contribution >= 0.6 is 0 Å². The van der Waals surface area contributed by atoms with Gasteiger partial charge >= 0.3 is 5.97 Å². The first-order valence-corrected chi connectivity index (χ1v) is 18.0. The summed E-state index contributed by atoms with van der Waals surface area (Å²) in [5.41, 5.74) is 6.67. The van der Waals surface area contributed by atoms with Gasteiger partial charge in [-0.2, -0.15) is 0 Å². The summed E-state index contributed by atoms with van der Waals surface area (Å²) in [6.45, 7) is 8.12. The van der Waals surface area contributed by atoms with E-state index in [1.165, 1.54) is 6.07 Å². The zero-order valence-electron chi connectivity index (χ0n) is 29.0. The Morgan fingerprint density at radius 2 is 1.84 bits per heavy atom. The summed E-state index contributed by atoms with van der Waals surface area (Å²) in [6, 6.07) is 13.3. The highest BCUT2D eigenvalue weighted by Crippen LogP contribution is 2.30. The van der Waals surface area contributed by atoms with E-state index >= 15 is 0 Å². The molecule has 0 spiro atoms. The second-order valence-corrected chi connectivity index (χ2v) is 13.1. The average Bonchev–Trinajstić information content (AvgIpc) is 3.55. The molecule has 4 rings (SSSR count). The number of para-hydroxylation sites is 1. The first-order chi connectivity index (χ1) is 24.1. The largest absolute Gasteiger partial charge is 0.491 e. The quantitative estimate of drug-likeness (QED) is 0.119. The predicted octanol–water partition coefficient (Wildman–Crippen LogP) is 6.32. The third-order valence-corrected chi connectivity index (χ3v) is 9.48. The number of nitrogens with zero attached hydrogens (tertiary/aromatic N) is 2. The van der Waals surface area contributed by atoms with Crippen molar-refractivity contribution in [1.29, 1.82) is 0 Å². The lowest BCUT2D eigenvalue weighted by atomic mass is 9.97. The number of likely N-dealkylation sites (tertiary alicyclic amines) is 1. The van der Waals surface area contributed by atoms with Gasteiger partial charge in [0, 0.05) is 29.9 Å². The number of halogens is 1. The molecule has 0 bridgehead atoms. The van der Waals surface area contributed by atoms with Crippen molar-refractivity contribution in [1.82, 2.24) is 9.88 Å². The van der Waals surface area contributed by atoms with Gasteiger partial charge in [-0.1, -0.05) is 43.4 Å². The van der Waals surface area contributed by atoms with E-state index in [1.54, 1.807) is 73.5 Å². The minimum atomic E-state index is -3.49. The number of anilines is 2. The second kappa shape index (κ2) is 21.0. The van der Waals surface area contributed by atoms with Crippen LogP contribution in [0.4, 0.5) is 15.9 Å². The molecule has 1 aromatic heterocycles. The molecular formula is C38H47FN4O6S. The van der Waals surface area contributed by atoms with E-state index in [1.807, 2.05) is 38.1 Å². The van der Waals surface area contributed by atoms with Gasteiger partial charge in [0.1, 0.15) is 5.82 Å². The van der Waals surface area contributed by atoms with Gasteiger partial charge in [0.05, 0.1) is 36.3 Å². The van der Waals surface area contributed by atoms with Gasteiger partial charge in [0.2, 0.25) is 5.91 Å². The van der Waals surface area contributed by atoms with Gasteiger partial charge in [-0.3, -0.25) is 9.59 Å². The summed E-state index contributed by atoms with van der Waals surface area (Å²) in [5.74, 6) is -0.683. The zero-order valence-corrected chi connectivity index (χ0v) is 29.9. The molecule has 0 aliphatic carbocycles. The summed E-state index contributed by atoms with van der Waals surface area (Å²) < 4.78 is 48.2. The van der Waals surface area contributed by atoms with Crippen molar-refractivity contribution in [3.8, 4) is 18.6 Å². The number of ether oxygens (including phenoxy) is 2. The van der Waals surface area contributed by atoms with Crippen LogP contribution in [0.2, 0.25) is 0 Å². The number of sulfone groups is 1. The second-order valence-electron chi connectivity index (χ2n) is 10.8. The highest BCUT2D eigenvalue weighted by Gasteiger charge is 2.41. The summed E-state index contributed by atoms with van der Waals surface area (Å²) in [5, 5.41) is 4.88. The lowest BCUT2D eigenvalue weighted by Gasteiger charge is -2.27. The SMILES string of the molecule is C#C.CCOc1ccccc1F.C\C=C/C=C\C(=C\C[C@H]1[C@@H](C(=O)OCC)CCN1C(=O)CNc1ccc2c(N)nccc2c1)S(=O)(=O)CC. The number of rotatable bonds is 13.